The molecule has 1 aromatic heterocycles. The predicted molar refractivity (Wildman–Crippen MR) is 106 cm³/mol. The van der Waals surface area contributed by atoms with E-state index in [9.17, 15) is 13.2 Å². The molecule has 2 rings (SSSR count). The molecule has 0 bridgehead atoms. The fraction of sp³-hybridized carbons (Fsp3) is 0.647. The maximum absolute atomic E-state index is 12.1. The Hall–Kier alpha value is -1.26. The number of aliphatic imine (C=N–C) groups is 1. The van der Waals surface area contributed by atoms with Gasteiger partial charge in [0.2, 0.25) is 5.88 Å². The van der Waals surface area contributed by atoms with Crippen LogP contribution in [-0.4, -0.2) is 36.8 Å². The van der Waals surface area contributed by atoms with Gasteiger partial charge in [-0.2, -0.15) is 13.2 Å². The lowest BCUT2D eigenvalue weighted by Gasteiger charge is -2.22. The summed E-state index contributed by atoms with van der Waals surface area (Å²) in [6, 6.07) is 3.71. The molecule has 0 atom stereocenters. The van der Waals surface area contributed by atoms with E-state index in [2.05, 4.69) is 20.6 Å². The van der Waals surface area contributed by atoms with Gasteiger partial charge in [0.25, 0.3) is 0 Å². The van der Waals surface area contributed by atoms with Gasteiger partial charge in [0.1, 0.15) is 6.10 Å². The third kappa shape index (κ3) is 8.91. The molecule has 1 aliphatic rings. The molecular formula is C17H26F3IN4O. The number of nitrogens with one attached hydrogen (secondary N) is 2. The lowest BCUT2D eigenvalue weighted by Crippen LogP contribution is -2.38. The number of hydrogen-bond acceptors (Lipinski definition) is 3. The summed E-state index contributed by atoms with van der Waals surface area (Å²) in [6.07, 6.45) is 2.70. The smallest absolute Gasteiger partial charge is 0.390 e. The fourth-order valence-electron chi connectivity index (χ4n) is 2.67. The molecule has 2 N–H and O–H groups in total. The number of halogens is 4. The molecular weight excluding hydrogens is 460 g/mol. The summed E-state index contributed by atoms with van der Waals surface area (Å²) >= 11 is 0. The minimum absolute atomic E-state index is 0. The molecule has 26 heavy (non-hydrogen) atoms. The van der Waals surface area contributed by atoms with Crippen LogP contribution in [0.1, 0.15) is 44.1 Å². The normalized spacial score (nSPS) is 15.9. The van der Waals surface area contributed by atoms with Crippen molar-refractivity contribution in [2.75, 3.05) is 13.6 Å². The summed E-state index contributed by atoms with van der Waals surface area (Å²) in [5, 5.41) is 5.60. The van der Waals surface area contributed by atoms with E-state index in [4.69, 9.17) is 4.74 Å². The van der Waals surface area contributed by atoms with Crippen LogP contribution < -0.4 is 15.4 Å². The van der Waals surface area contributed by atoms with E-state index in [-0.39, 0.29) is 36.6 Å². The molecule has 0 spiro atoms. The van der Waals surface area contributed by atoms with Crippen molar-refractivity contribution in [3.05, 3.63) is 23.9 Å². The number of rotatable bonds is 6. The van der Waals surface area contributed by atoms with Gasteiger partial charge in [-0.05, 0) is 31.2 Å². The number of aromatic nitrogens is 1. The average molecular weight is 486 g/mol. The Labute approximate surface area is 169 Å². The highest BCUT2D eigenvalue weighted by molar-refractivity contribution is 14.0. The quantitative estimate of drug-likeness (QED) is 0.362. The van der Waals surface area contributed by atoms with Crippen molar-refractivity contribution in [3.8, 4) is 5.88 Å². The van der Waals surface area contributed by atoms with Gasteiger partial charge >= 0.3 is 6.18 Å². The third-order valence-electron chi connectivity index (χ3n) is 4.02. The largest absolute Gasteiger partial charge is 0.474 e. The number of ether oxygens (including phenoxy) is 1. The Morgan fingerprint density at radius 3 is 2.54 bits per heavy atom. The van der Waals surface area contributed by atoms with E-state index >= 15 is 0 Å². The first-order valence-electron chi connectivity index (χ1n) is 8.59. The van der Waals surface area contributed by atoms with E-state index in [1.54, 1.807) is 6.20 Å². The minimum atomic E-state index is -4.18. The molecule has 148 valence electrons. The summed E-state index contributed by atoms with van der Waals surface area (Å²) in [7, 11) is 1.52. The Bertz CT molecular complexity index is 546. The Balaban J connectivity index is 0.00000338. The van der Waals surface area contributed by atoms with Gasteiger partial charge in [0, 0.05) is 32.4 Å². The second-order valence-corrected chi connectivity index (χ2v) is 6.10. The van der Waals surface area contributed by atoms with Crippen LogP contribution in [0.5, 0.6) is 5.88 Å². The van der Waals surface area contributed by atoms with Crippen molar-refractivity contribution in [1.29, 1.82) is 0 Å². The van der Waals surface area contributed by atoms with Crippen molar-refractivity contribution >= 4 is 29.9 Å². The molecule has 1 saturated carbocycles. The highest BCUT2D eigenvalue weighted by atomic mass is 127. The number of hydrogen-bond donors (Lipinski definition) is 2. The van der Waals surface area contributed by atoms with Crippen molar-refractivity contribution in [1.82, 2.24) is 15.6 Å². The first-order valence-corrected chi connectivity index (χ1v) is 8.59. The molecule has 1 heterocycles. The molecule has 0 amide bonds. The number of guanidine groups is 1. The number of pyridine rings is 1. The summed E-state index contributed by atoms with van der Waals surface area (Å²) in [5.41, 5.74) is 0.898. The van der Waals surface area contributed by atoms with Gasteiger partial charge in [-0.15, -0.1) is 24.0 Å². The minimum Gasteiger partial charge on any atom is -0.474 e. The zero-order chi connectivity index (χ0) is 18.1. The third-order valence-corrected chi connectivity index (χ3v) is 4.02. The van der Waals surface area contributed by atoms with E-state index < -0.39 is 12.6 Å². The van der Waals surface area contributed by atoms with Crippen LogP contribution in [0.15, 0.2) is 23.3 Å². The van der Waals surface area contributed by atoms with Crippen LogP contribution in [0.3, 0.4) is 0 Å². The second kappa shape index (κ2) is 11.5. The number of alkyl halides is 3. The molecule has 0 aromatic carbocycles. The maximum Gasteiger partial charge on any atom is 0.390 e. The molecule has 0 unspecified atom stereocenters. The molecule has 0 saturated heterocycles. The van der Waals surface area contributed by atoms with Gasteiger partial charge in [-0.3, -0.25) is 4.99 Å². The van der Waals surface area contributed by atoms with E-state index in [0.717, 1.165) is 18.4 Å². The monoisotopic (exact) mass is 486 g/mol. The van der Waals surface area contributed by atoms with Crippen LogP contribution in [0, 0.1) is 0 Å². The van der Waals surface area contributed by atoms with E-state index in [0.29, 0.717) is 18.4 Å². The van der Waals surface area contributed by atoms with Gasteiger partial charge in [0.15, 0.2) is 5.96 Å². The molecule has 5 nitrogen and oxygen atoms in total. The Kier molecular flexibility index (Phi) is 10.0. The maximum atomic E-state index is 12.1. The van der Waals surface area contributed by atoms with Gasteiger partial charge in [-0.25, -0.2) is 4.98 Å². The first kappa shape index (κ1) is 22.8. The van der Waals surface area contributed by atoms with E-state index in [1.165, 1.54) is 26.3 Å². The molecule has 1 aliphatic carbocycles. The Morgan fingerprint density at radius 2 is 1.96 bits per heavy atom. The molecule has 9 heteroatoms. The summed E-state index contributed by atoms with van der Waals surface area (Å²) in [4.78, 5) is 8.20. The molecule has 1 fully saturated rings. The van der Waals surface area contributed by atoms with Crippen LogP contribution in [0.2, 0.25) is 0 Å². The van der Waals surface area contributed by atoms with Crippen LogP contribution in [0.25, 0.3) is 0 Å². The van der Waals surface area contributed by atoms with Gasteiger partial charge in [0.05, 0.1) is 6.42 Å². The molecule has 1 aromatic rings. The van der Waals surface area contributed by atoms with Crippen LogP contribution >= 0.6 is 24.0 Å². The van der Waals surface area contributed by atoms with Crippen molar-refractivity contribution < 1.29 is 17.9 Å². The van der Waals surface area contributed by atoms with Crippen LogP contribution in [0.4, 0.5) is 13.2 Å². The number of nitrogens with zero attached hydrogens (tertiary/aromatic N) is 2. The highest BCUT2D eigenvalue weighted by Crippen LogP contribution is 2.22. The summed E-state index contributed by atoms with van der Waals surface area (Å²) in [6.45, 7) is 0.206. The summed E-state index contributed by atoms with van der Waals surface area (Å²) < 4.78 is 42.3. The first-order chi connectivity index (χ1) is 12.0. The summed E-state index contributed by atoms with van der Waals surface area (Å²) in [5.74, 6) is 0.940. The predicted octanol–water partition coefficient (Wildman–Crippen LogP) is 4.03. The molecule has 0 radical (unpaired) electrons. The van der Waals surface area contributed by atoms with E-state index in [1.807, 2.05) is 12.1 Å². The highest BCUT2D eigenvalue weighted by Gasteiger charge is 2.26. The average Bonchev–Trinajstić information content (AvgIpc) is 2.59. The Morgan fingerprint density at radius 1 is 1.23 bits per heavy atom. The lowest BCUT2D eigenvalue weighted by atomic mass is 9.98. The fourth-order valence-corrected chi connectivity index (χ4v) is 2.67. The van der Waals surface area contributed by atoms with Gasteiger partial charge < -0.3 is 15.4 Å². The lowest BCUT2D eigenvalue weighted by molar-refractivity contribution is -0.132. The zero-order valence-electron chi connectivity index (χ0n) is 14.8. The second-order valence-electron chi connectivity index (χ2n) is 6.10. The van der Waals surface area contributed by atoms with Gasteiger partial charge in [-0.1, -0.05) is 12.5 Å². The van der Waals surface area contributed by atoms with Crippen molar-refractivity contribution in [2.45, 2.75) is 57.3 Å². The standard InChI is InChI=1S/C17H25F3N4O.HI/c1-21-16(22-10-9-17(18,19)20)24-12-13-7-8-15(23-11-13)25-14-5-3-2-4-6-14;/h7-8,11,14H,2-6,9-10,12H2,1H3,(H2,21,22,24);1H. The zero-order valence-corrected chi connectivity index (χ0v) is 17.1. The van der Waals surface area contributed by atoms with Crippen molar-refractivity contribution in [3.63, 3.8) is 0 Å². The molecule has 0 aliphatic heterocycles. The van der Waals surface area contributed by atoms with Crippen LogP contribution in [-0.2, 0) is 6.54 Å². The van der Waals surface area contributed by atoms with Crippen molar-refractivity contribution in [2.24, 2.45) is 4.99 Å². The topological polar surface area (TPSA) is 58.5 Å². The SMILES string of the molecule is CN=C(NCCC(F)(F)F)NCc1ccc(OC2CCCCC2)nc1.I.